The molecule has 0 spiro atoms. The summed E-state index contributed by atoms with van der Waals surface area (Å²) < 4.78 is 5.44. The molecule has 3 N–H and O–H groups in total. The molecule has 206 valence electrons. The quantitative estimate of drug-likeness (QED) is 0.233. The highest BCUT2D eigenvalue weighted by molar-refractivity contribution is 6.05. The summed E-state index contributed by atoms with van der Waals surface area (Å²) in [7, 11) is 0. The standard InChI is InChI=1S/C33H31N5O3/c39-22-26-11-10-23(21-38-16-18-41-19-17-38)20-30(26)35-32(40)25-12-14-27(15-13-25)34-33-36-29-9-5-4-8-28(29)31(37-33)24-6-2-1-3-7-24/h1-15,20,39H,16-19,21-22H2,(H,35,40)(H,34,36,37). The number of fused-ring (bicyclic) bond motifs is 1. The molecule has 0 bridgehead atoms. The first-order valence-corrected chi connectivity index (χ1v) is 13.7. The highest BCUT2D eigenvalue weighted by Gasteiger charge is 2.15. The van der Waals surface area contributed by atoms with E-state index in [0.29, 0.717) is 22.8 Å². The molecule has 8 nitrogen and oxygen atoms in total. The minimum absolute atomic E-state index is 0.160. The fraction of sp³-hybridized carbons (Fsp3) is 0.182. The second-order valence-electron chi connectivity index (χ2n) is 9.97. The van der Waals surface area contributed by atoms with Crippen molar-refractivity contribution in [1.29, 1.82) is 0 Å². The number of hydrogen-bond donors (Lipinski definition) is 3. The van der Waals surface area contributed by atoms with Gasteiger partial charge in [0, 0.05) is 53.1 Å². The molecule has 0 unspecified atom stereocenters. The van der Waals surface area contributed by atoms with E-state index in [1.54, 1.807) is 12.1 Å². The zero-order valence-corrected chi connectivity index (χ0v) is 22.6. The first kappa shape index (κ1) is 26.6. The van der Waals surface area contributed by atoms with Crippen molar-refractivity contribution in [3.8, 4) is 11.3 Å². The van der Waals surface area contributed by atoms with Crippen molar-refractivity contribution in [3.63, 3.8) is 0 Å². The van der Waals surface area contributed by atoms with E-state index in [-0.39, 0.29) is 12.5 Å². The lowest BCUT2D eigenvalue weighted by Crippen LogP contribution is -2.35. The first-order chi connectivity index (χ1) is 20.2. The number of carbonyl (C=O) groups excluding carboxylic acids is 1. The Bertz CT molecular complexity index is 1650. The van der Waals surface area contributed by atoms with E-state index in [1.807, 2.05) is 84.9 Å². The number of aliphatic hydroxyl groups is 1. The van der Waals surface area contributed by atoms with Crippen LogP contribution < -0.4 is 10.6 Å². The fourth-order valence-corrected chi connectivity index (χ4v) is 4.97. The molecule has 0 atom stereocenters. The molecule has 1 saturated heterocycles. The number of anilines is 3. The van der Waals surface area contributed by atoms with E-state index < -0.39 is 0 Å². The number of aliphatic hydroxyl groups excluding tert-OH is 1. The number of hydrogen-bond acceptors (Lipinski definition) is 7. The molecule has 0 saturated carbocycles. The molecule has 1 aliphatic rings. The smallest absolute Gasteiger partial charge is 0.255 e. The largest absolute Gasteiger partial charge is 0.392 e. The molecule has 0 radical (unpaired) electrons. The van der Waals surface area contributed by atoms with Gasteiger partial charge < -0.3 is 20.5 Å². The fourth-order valence-electron chi connectivity index (χ4n) is 4.97. The van der Waals surface area contributed by atoms with Gasteiger partial charge in [0.2, 0.25) is 5.95 Å². The third-order valence-electron chi connectivity index (χ3n) is 7.16. The number of benzene rings is 4. The van der Waals surface area contributed by atoms with Crippen molar-refractivity contribution < 1.29 is 14.6 Å². The van der Waals surface area contributed by atoms with E-state index in [2.05, 4.69) is 15.5 Å². The monoisotopic (exact) mass is 545 g/mol. The van der Waals surface area contributed by atoms with Crippen LogP contribution in [0.1, 0.15) is 21.5 Å². The highest BCUT2D eigenvalue weighted by atomic mass is 16.5. The van der Waals surface area contributed by atoms with Crippen LogP contribution in [0.5, 0.6) is 0 Å². The minimum Gasteiger partial charge on any atom is -0.392 e. The van der Waals surface area contributed by atoms with Gasteiger partial charge in [0.05, 0.1) is 31.0 Å². The van der Waals surface area contributed by atoms with Gasteiger partial charge in [0.15, 0.2) is 0 Å². The third kappa shape index (κ3) is 6.25. The highest BCUT2D eigenvalue weighted by Crippen LogP contribution is 2.28. The van der Waals surface area contributed by atoms with Gasteiger partial charge in [0.1, 0.15) is 0 Å². The van der Waals surface area contributed by atoms with Crippen molar-refractivity contribution in [2.45, 2.75) is 13.2 Å². The van der Waals surface area contributed by atoms with E-state index in [4.69, 9.17) is 14.7 Å². The second kappa shape index (κ2) is 12.3. The number of amides is 1. The van der Waals surface area contributed by atoms with Crippen LogP contribution in [0.3, 0.4) is 0 Å². The predicted molar refractivity (Wildman–Crippen MR) is 161 cm³/mol. The number of nitrogens with one attached hydrogen (secondary N) is 2. The lowest BCUT2D eigenvalue weighted by atomic mass is 10.1. The SMILES string of the molecule is O=C(Nc1cc(CN2CCOCC2)ccc1CO)c1ccc(Nc2nc(-c3ccccc3)c3ccccc3n2)cc1. The molecule has 1 aliphatic heterocycles. The number of para-hydroxylation sites is 1. The summed E-state index contributed by atoms with van der Waals surface area (Å²) in [6, 6.07) is 31.0. The number of aromatic nitrogens is 2. The Morgan fingerprint density at radius 2 is 1.63 bits per heavy atom. The Hall–Kier alpha value is -4.63. The summed E-state index contributed by atoms with van der Waals surface area (Å²) in [4.78, 5) is 25.0. The molecule has 1 amide bonds. The van der Waals surface area contributed by atoms with Crippen LogP contribution in [0.2, 0.25) is 0 Å². The predicted octanol–water partition coefficient (Wildman–Crippen LogP) is 5.62. The second-order valence-corrected chi connectivity index (χ2v) is 9.97. The number of nitrogens with zero attached hydrogens (tertiary/aromatic N) is 3. The topological polar surface area (TPSA) is 99.6 Å². The van der Waals surface area contributed by atoms with E-state index >= 15 is 0 Å². The van der Waals surface area contributed by atoms with Gasteiger partial charge in [-0.3, -0.25) is 9.69 Å². The van der Waals surface area contributed by atoms with Gasteiger partial charge in [-0.05, 0) is 42.0 Å². The van der Waals surface area contributed by atoms with Crippen LogP contribution in [0.15, 0.2) is 97.1 Å². The van der Waals surface area contributed by atoms with Crippen LogP contribution in [-0.2, 0) is 17.9 Å². The van der Waals surface area contributed by atoms with E-state index in [1.165, 1.54) is 0 Å². The number of ether oxygens (including phenoxy) is 1. The summed E-state index contributed by atoms with van der Waals surface area (Å²) in [5, 5.41) is 17.1. The maximum Gasteiger partial charge on any atom is 0.255 e. The summed E-state index contributed by atoms with van der Waals surface area (Å²) in [6.45, 7) is 3.81. The molecular formula is C33H31N5O3. The van der Waals surface area contributed by atoms with Crippen LogP contribution in [0.4, 0.5) is 17.3 Å². The van der Waals surface area contributed by atoms with Gasteiger partial charge in [-0.15, -0.1) is 0 Å². The Morgan fingerprint density at radius 1 is 0.878 bits per heavy atom. The number of carbonyl (C=O) groups is 1. The van der Waals surface area contributed by atoms with Crippen LogP contribution in [0, 0.1) is 0 Å². The summed E-state index contributed by atoms with van der Waals surface area (Å²) in [5.41, 5.74) is 6.33. The van der Waals surface area contributed by atoms with Gasteiger partial charge in [-0.2, -0.15) is 0 Å². The Morgan fingerprint density at radius 3 is 2.41 bits per heavy atom. The van der Waals surface area contributed by atoms with Gasteiger partial charge in [0.25, 0.3) is 5.91 Å². The van der Waals surface area contributed by atoms with E-state index in [0.717, 1.165) is 66.3 Å². The number of morpholine rings is 1. The molecule has 1 aromatic heterocycles. The number of rotatable bonds is 8. The average molecular weight is 546 g/mol. The third-order valence-corrected chi connectivity index (χ3v) is 7.16. The van der Waals surface area contributed by atoms with Crippen LogP contribution in [-0.4, -0.2) is 52.2 Å². The maximum absolute atomic E-state index is 13.1. The lowest BCUT2D eigenvalue weighted by Gasteiger charge is -2.26. The van der Waals surface area contributed by atoms with Crippen molar-refractivity contribution >= 4 is 34.1 Å². The molecular weight excluding hydrogens is 514 g/mol. The molecule has 0 aliphatic carbocycles. The van der Waals surface area contributed by atoms with Gasteiger partial charge in [-0.1, -0.05) is 60.7 Å². The van der Waals surface area contributed by atoms with Crippen molar-refractivity contribution in [3.05, 3.63) is 114 Å². The summed E-state index contributed by atoms with van der Waals surface area (Å²) in [5.74, 6) is 0.229. The van der Waals surface area contributed by atoms with Crippen molar-refractivity contribution in [2.24, 2.45) is 0 Å². The molecule has 6 rings (SSSR count). The molecule has 4 aromatic carbocycles. The summed E-state index contributed by atoms with van der Waals surface area (Å²) in [6.07, 6.45) is 0. The Balaban J connectivity index is 1.18. The zero-order chi connectivity index (χ0) is 28.0. The van der Waals surface area contributed by atoms with Gasteiger partial charge >= 0.3 is 0 Å². The van der Waals surface area contributed by atoms with Crippen molar-refractivity contribution in [1.82, 2.24) is 14.9 Å². The van der Waals surface area contributed by atoms with Crippen LogP contribution in [0.25, 0.3) is 22.2 Å². The van der Waals surface area contributed by atoms with Crippen molar-refractivity contribution in [2.75, 3.05) is 36.9 Å². The minimum atomic E-state index is -0.247. The molecule has 2 heterocycles. The van der Waals surface area contributed by atoms with Crippen LogP contribution >= 0.6 is 0 Å². The molecule has 1 fully saturated rings. The normalized spacial score (nSPS) is 13.7. The first-order valence-electron chi connectivity index (χ1n) is 13.7. The average Bonchev–Trinajstić information content (AvgIpc) is 3.02. The summed E-state index contributed by atoms with van der Waals surface area (Å²) >= 11 is 0. The van der Waals surface area contributed by atoms with Gasteiger partial charge in [-0.25, -0.2) is 9.97 Å². The Kier molecular flexibility index (Phi) is 7.95. The van der Waals surface area contributed by atoms with E-state index in [9.17, 15) is 9.90 Å². The molecule has 41 heavy (non-hydrogen) atoms. The molecule has 8 heteroatoms. The molecule has 5 aromatic rings. The lowest BCUT2D eigenvalue weighted by molar-refractivity contribution is 0.0342. The maximum atomic E-state index is 13.1. The zero-order valence-electron chi connectivity index (χ0n) is 22.6. The Labute approximate surface area is 238 Å².